The van der Waals surface area contributed by atoms with E-state index in [-0.39, 0.29) is 0 Å². The second kappa shape index (κ2) is 9.00. The summed E-state index contributed by atoms with van der Waals surface area (Å²) in [5.74, 6) is 0.849. The maximum Gasteiger partial charge on any atom is 0.0591 e. The van der Waals surface area contributed by atoms with E-state index in [1.54, 1.807) is 0 Å². The molecule has 1 rings (SSSR count). The van der Waals surface area contributed by atoms with Crippen LogP contribution < -0.4 is 5.32 Å². The highest BCUT2D eigenvalue weighted by atomic mass is 16.5. The molecular weight excluding hydrogens is 198 g/mol. The fourth-order valence-corrected chi connectivity index (χ4v) is 2.52. The zero-order valence-electron chi connectivity index (χ0n) is 11.1. The molecule has 0 amide bonds. The first kappa shape index (κ1) is 14.0. The summed E-state index contributed by atoms with van der Waals surface area (Å²) >= 11 is 0. The summed E-state index contributed by atoms with van der Waals surface area (Å²) < 4.78 is 5.75. The minimum atomic E-state index is 0.679. The van der Waals surface area contributed by atoms with Crippen molar-refractivity contribution in [2.75, 3.05) is 19.8 Å². The van der Waals surface area contributed by atoms with Crippen LogP contribution in [0.15, 0.2) is 0 Å². The minimum Gasteiger partial charge on any atom is -0.380 e. The van der Waals surface area contributed by atoms with Gasteiger partial charge in [-0.2, -0.15) is 0 Å². The fourth-order valence-electron chi connectivity index (χ4n) is 2.52. The van der Waals surface area contributed by atoms with Crippen LogP contribution in [-0.4, -0.2) is 25.8 Å². The minimum absolute atomic E-state index is 0.679. The number of rotatable bonds is 8. The maximum atomic E-state index is 5.75. The van der Waals surface area contributed by atoms with Gasteiger partial charge < -0.3 is 10.1 Å². The monoisotopic (exact) mass is 227 g/mol. The normalized spacial score (nSPS) is 18.2. The smallest absolute Gasteiger partial charge is 0.0591 e. The molecule has 0 heterocycles. The lowest BCUT2D eigenvalue weighted by Gasteiger charge is -2.21. The van der Waals surface area contributed by atoms with Crippen LogP contribution in [-0.2, 0) is 4.74 Å². The standard InChI is InChI=1S/C14H29NO/c1-3-14(4-2)15-10-11-16-12-13-8-6-5-7-9-13/h13-15H,3-12H2,1-2H3. The molecule has 1 saturated carbocycles. The summed E-state index contributed by atoms with van der Waals surface area (Å²) in [6, 6.07) is 0.679. The molecule has 0 bridgehead atoms. The zero-order valence-corrected chi connectivity index (χ0v) is 11.1. The van der Waals surface area contributed by atoms with E-state index in [1.807, 2.05) is 0 Å². The first-order valence-corrected chi connectivity index (χ1v) is 7.18. The Kier molecular flexibility index (Phi) is 7.87. The maximum absolute atomic E-state index is 5.75. The van der Waals surface area contributed by atoms with Crippen molar-refractivity contribution in [3.8, 4) is 0 Å². The molecular formula is C14H29NO. The van der Waals surface area contributed by atoms with Gasteiger partial charge in [-0.3, -0.25) is 0 Å². The van der Waals surface area contributed by atoms with Gasteiger partial charge >= 0.3 is 0 Å². The lowest BCUT2D eigenvalue weighted by molar-refractivity contribution is 0.0855. The Morgan fingerprint density at radius 3 is 2.44 bits per heavy atom. The van der Waals surface area contributed by atoms with Crippen LogP contribution in [0.4, 0.5) is 0 Å². The summed E-state index contributed by atoms with van der Waals surface area (Å²) in [7, 11) is 0. The van der Waals surface area contributed by atoms with E-state index in [9.17, 15) is 0 Å². The molecule has 0 radical (unpaired) electrons. The van der Waals surface area contributed by atoms with Gasteiger partial charge in [-0.05, 0) is 31.6 Å². The van der Waals surface area contributed by atoms with Crippen molar-refractivity contribution in [3.05, 3.63) is 0 Å². The van der Waals surface area contributed by atoms with Gasteiger partial charge in [0, 0.05) is 19.2 Å². The van der Waals surface area contributed by atoms with Gasteiger partial charge in [-0.25, -0.2) is 0 Å². The van der Waals surface area contributed by atoms with Crippen LogP contribution >= 0.6 is 0 Å². The first-order chi connectivity index (χ1) is 7.86. The average molecular weight is 227 g/mol. The SMILES string of the molecule is CCC(CC)NCCOCC1CCCCC1. The third-order valence-corrected chi connectivity index (χ3v) is 3.74. The van der Waals surface area contributed by atoms with E-state index in [0.717, 1.165) is 25.7 Å². The third kappa shape index (κ3) is 5.86. The number of nitrogens with one attached hydrogen (secondary N) is 1. The molecule has 1 N–H and O–H groups in total. The molecule has 1 fully saturated rings. The Labute approximate surface area is 101 Å². The summed E-state index contributed by atoms with van der Waals surface area (Å²) in [4.78, 5) is 0. The predicted octanol–water partition coefficient (Wildman–Crippen LogP) is 3.36. The predicted molar refractivity (Wildman–Crippen MR) is 69.8 cm³/mol. The van der Waals surface area contributed by atoms with Crippen molar-refractivity contribution in [1.82, 2.24) is 5.32 Å². The molecule has 0 saturated heterocycles. The van der Waals surface area contributed by atoms with Crippen molar-refractivity contribution >= 4 is 0 Å². The summed E-state index contributed by atoms with van der Waals surface area (Å²) in [6.07, 6.45) is 9.49. The lowest BCUT2D eigenvalue weighted by Crippen LogP contribution is -2.31. The highest BCUT2D eigenvalue weighted by Crippen LogP contribution is 2.23. The number of ether oxygens (including phenoxy) is 1. The van der Waals surface area contributed by atoms with Crippen LogP contribution in [0.3, 0.4) is 0 Å². The molecule has 2 heteroatoms. The van der Waals surface area contributed by atoms with E-state index >= 15 is 0 Å². The largest absolute Gasteiger partial charge is 0.380 e. The van der Waals surface area contributed by atoms with Crippen molar-refractivity contribution in [2.45, 2.75) is 64.8 Å². The topological polar surface area (TPSA) is 21.3 Å². The molecule has 2 nitrogen and oxygen atoms in total. The Bertz CT molecular complexity index is 151. The van der Waals surface area contributed by atoms with Crippen LogP contribution in [0, 0.1) is 5.92 Å². The second-order valence-corrected chi connectivity index (χ2v) is 5.05. The molecule has 0 atom stereocenters. The Hall–Kier alpha value is -0.0800. The van der Waals surface area contributed by atoms with Crippen molar-refractivity contribution in [3.63, 3.8) is 0 Å². The molecule has 1 aliphatic carbocycles. The fraction of sp³-hybridized carbons (Fsp3) is 1.00. The van der Waals surface area contributed by atoms with Gasteiger partial charge in [-0.1, -0.05) is 33.1 Å². The van der Waals surface area contributed by atoms with Gasteiger partial charge in [0.2, 0.25) is 0 Å². The van der Waals surface area contributed by atoms with E-state index < -0.39 is 0 Å². The van der Waals surface area contributed by atoms with E-state index in [1.165, 1.54) is 44.9 Å². The number of hydrogen-bond acceptors (Lipinski definition) is 2. The quantitative estimate of drug-likeness (QED) is 0.642. The summed E-state index contributed by atoms with van der Waals surface area (Å²) in [5, 5.41) is 3.53. The van der Waals surface area contributed by atoms with Crippen molar-refractivity contribution in [1.29, 1.82) is 0 Å². The summed E-state index contributed by atoms with van der Waals surface area (Å²) in [5.41, 5.74) is 0. The lowest BCUT2D eigenvalue weighted by atomic mass is 9.90. The van der Waals surface area contributed by atoms with Gasteiger partial charge in [0.1, 0.15) is 0 Å². The van der Waals surface area contributed by atoms with Crippen LogP contribution in [0.5, 0.6) is 0 Å². The third-order valence-electron chi connectivity index (χ3n) is 3.74. The van der Waals surface area contributed by atoms with Crippen LogP contribution in [0.2, 0.25) is 0 Å². The Morgan fingerprint density at radius 2 is 1.81 bits per heavy atom. The number of hydrogen-bond donors (Lipinski definition) is 1. The molecule has 0 unspecified atom stereocenters. The highest BCUT2D eigenvalue weighted by Gasteiger charge is 2.12. The first-order valence-electron chi connectivity index (χ1n) is 7.18. The van der Waals surface area contributed by atoms with Crippen LogP contribution in [0.25, 0.3) is 0 Å². The molecule has 16 heavy (non-hydrogen) atoms. The Morgan fingerprint density at radius 1 is 1.12 bits per heavy atom. The molecule has 96 valence electrons. The molecule has 0 aromatic rings. The molecule has 0 aromatic carbocycles. The molecule has 1 aliphatic rings. The van der Waals surface area contributed by atoms with Gasteiger partial charge in [-0.15, -0.1) is 0 Å². The van der Waals surface area contributed by atoms with Gasteiger partial charge in [0.15, 0.2) is 0 Å². The highest BCUT2D eigenvalue weighted by molar-refractivity contribution is 4.65. The Balaban J connectivity index is 1.90. The second-order valence-electron chi connectivity index (χ2n) is 5.05. The van der Waals surface area contributed by atoms with E-state index in [2.05, 4.69) is 19.2 Å². The van der Waals surface area contributed by atoms with Gasteiger partial charge in [0.05, 0.1) is 6.61 Å². The molecule has 0 aliphatic heterocycles. The molecule has 0 aromatic heterocycles. The van der Waals surface area contributed by atoms with Crippen molar-refractivity contribution in [2.24, 2.45) is 5.92 Å². The molecule has 0 spiro atoms. The van der Waals surface area contributed by atoms with Crippen molar-refractivity contribution < 1.29 is 4.74 Å². The summed E-state index contributed by atoms with van der Waals surface area (Å²) in [6.45, 7) is 7.37. The zero-order chi connectivity index (χ0) is 11.6. The van der Waals surface area contributed by atoms with E-state index in [0.29, 0.717) is 6.04 Å². The average Bonchev–Trinajstić information content (AvgIpc) is 2.35. The van der Waals surface area contributed by atoms with Crippen LogP contribution in [0.1, 0.15) is 58.8 Å². The van der Waals surface area contributed by atoms with Gasteiger partial charge in [0.25, 0.3) is 0 Å². The van der Waals surface area contributed by atoms with E-state index in [4.69, 9.17) is 4.74 Å².